The Morgan fingerprint density at radius 2 is 2.25 bits per heavy atom. The monoisotopic (exact) mass is 223 g/mol. The normalized spacial score (nSPS) is 15.5. The van der Waals surface area contributed by atoms with Crippen LogP contribution in [0.3, 0.4) is 0 Å². The summed E-state index contributed by atoms with van der Waals surface area (Å²) in [5.74, 6) is 0.541. The van der Waals surface area contributed by atoms with E-state index in [1.54, 1.807) is 6.07 Å². The molecule has 3 nitrogen and oxygen atoms in total. The maximum Gasteiger partial charge on any atom is 0.141 e. The number of aromatic nitrogens is 1. The fourth-order valence-corrected chi connectivity index (χ4v) is 1.48. The lowest BCUT2D eigenvalue weighted by Crippen LogP contribution is -2.23. The first kappa shape index (κ1) is 11.3. The molecule has 4 heteroatoms. The fraction of sp³-hybridized carbons (Fsp3) is 0.583. The van der Waals surface area contributed by atoms with Crippen LogP contribution in [0.25, 0.3) is 0 Å². The molecule has 1 heterocycles. The molecular weight excluding hydrogens is 205 g/mol. The predicted octanol–water partition coefficient (Wildman–Crippen LogP) is 2.29. The summed E-state index contributed by atoms with van der Waals surface area (Å²) in [5.41, 5.74) is 0.903. The van der Waals surface area contributed by atoms with E-state index < -0.39 is 0 Å². The lowest BCUT2D eigenvalue weighted by atomic mass is 10.2. The summed E-state index contributed by atoms with van der Waals surface area (Å²) in [5, 5.41) is 6.59. The van der Waals surface area contributed by atoms with Gasteiger partial charge in [-0.15, -0.1) is 0 Å². The SMILES string of the molecule is CC(C)NCc1cc(F)cnc1NC1CC1. The van der Waals surface area contributed by atoms with E-state index in [4.69, 9.17) is 0 Å². The Morgan fingerprint density at radius 1 is 1.50 bits per heavy atom. The van der Waals surface area contributed by atoms with Crippen LogP contribution in [0.1, 0.15) is 32.3 Å². The Hall–Kier alpha value is -1.16. The lowest BCUT2D eigenvalue weighted by molar-refractivity contribution is 0.579. The van der Waals surface area contributed by atoms with Gasteiger partial charge in [0.15, 0.2) is 0 Å². The average Bonchev–Trinajstić information content (AvgIpc) is 3.02. The molecule has 1 aromatic rings. The molecule has 2 N–H and O–H groups in total. The third kappa shape index (κ3) is 3.17. The van der Waals surface area contributed by atoms with Gasteiger partial charge in [0.1, 0.15) is 11.6 Å². The zero-order valence-electron chi connectivity index (χ0n) is 9.76. The number of rotatable bonds is 5. The van der Waals surface area contributed by atoms with Crippen LogP contribution >= 0.6 is 0 Å². The first-order valence-corrected chi connectivity index (χ1v) is 5.79. The van der Waals surface area contributed by atoms with E-state index in [1.165, 1.54) is 19.0 Å². The van der Waals surface area contributed by atoms with Crippen molar-refractivity contribution in [2.45, 2.75) is 45.3 Å². The number of nitrogens with one attached hydrogen (secondary N) is 2. The van der Waals surface area contributed by atoms with Crippen molar-refractivity contribution in [3.63, 3.8) is 0 Å². The maximum atomic E-state index is 13.1. The van der Waals surface area contributed by atoms with Gasteiger partial charge in [0.2, 0.25) is 0 Å². The van der Waals surface area contributed by atoms with Crippen molar-refractivity contribution in [2.24, 2.45) is 0 Å². The van der Waals surface area contributed by atoms with Gasteiger partial charge in [0.05, 0.1) is 6.20 Å². The molecule has 1 aliphatic carbocycles. The van der Waals surface area contributed by atoms with Crippen molar-refractivity contribution in [2.75, 3.05) is 5.32 Å². The van der Waals surface area contributed by atoms with Gasteiger partial charge < -0.3 is 10.6 Å². The van der Waals surface area contributed by atoms with E-state index in [2.05, 4.69) is 29.5 Å². The molecule has 2 rings (SSSR count). The number of nitrogens with zero attached hydrogens (tertiary/aromatic N) is 1. The van der Waals surface area contributed by atoms with Crippen LogP contribution in [0.5, 0.6) is 0 Å². The van der Waals surface area contributed by atoms with Gasteiger partial charge in [-0.3, -0.25) is 0 Å². The Bertz CT molecular complexity index is 361. The molecule has 0 unspecified atom stereocenters. The zero-order valence-corrected chi connectivity index (χ0v) is 9.76. The zero-order chi connectivity index (χ0) is 11.5. The molecule has 0 amide bonds. The molecule has 0 atom stereocenters. The second-order valence-corrected chi connectivity index (χ2v) is 4.62. The number of hydrogen-bond acceptors (Lipinski definition) is 3. The number of pyridine rings is 1. The average molecular weight is 223 g/mol. The minimum Gasteiger partial charge on any atom is -0.367 e. The van der Waals surface area contributed by atoms with Crippen LogP contribution in [-0.4, -0.2) is 17.1 Å². The molecule has 0 saturated heterocycles. The molecule has 0 bridgehead atoms. The van der Waals surface area contributed by atoms with Crippen LogP contribution in [0.2, 0.25) is 0 Å². The second-order valence-electron chi connectivity index (χ2n) is 4.62. The van der Waals surface area contributed by atoms with Crippen LogP contribution in [0, 0.1) is 5.82 Å². The van der Waals surface area contributed by atoms with Crippen LogP contribution < -0.4 is 10.6 Å². The van der Waals surface area contributed by atoms with Crippen LogP contribution in [0.15, 0.2) is 12.3 Å². The first-order chi connectivity index (χ1) is 7.65. The lowest BCUT2D eigenvalue weighted by Gasteiger charge is -2.13. The summed E-state index contributed by atoms with van der Waals surface area (Å²) >= 11 is 0. The molecule has 0 radical (unpaired) electrons. The molecule has 0 spiro atoms. The standard InChI is InChI=1S/C12H18FN3/c1-8(2)14-6-9-5-10(13)7-15-12(9)16-11-3-4-11/h5,7-8,11,14H,3-4,6H2,1-2H3,(H,15,16). The quantitative estimate of drug-likeness (QED) is 0.804. The van der Waals surface area contributed by atoms with E-state index in [0.717, 1.165) is 11.4 Å². The van der Waals surface area contributed by atoms with Gasteiger partial charge in [-0.05, 0) is 18.9 Å². The smallest absolute Gasteiger partial charge is 0.141 e. The van der Waals surface area contributed by atoms with E-state index in [1.807, 2.05) is 0 Å². The number of halogens is 1. The summed E-state index contributed by atoms with van der Waals surface area (Å²) in [7, 11) is 0. The molecule has 1 aromatic heterocycles. The maximum absolute atomic E-state index is 13.1. The highest BCUT2D eigenvalue weighted by Gasteiger charge is 2.22. The predicted molar refractivity (Wildman–Crippen MR) is 62.8 cm³/mol. The Kier molecular flexibility index (Phi) is 3.39. The van der Waals surface area contributed by atoms with Crippen molar-refractivity contribution < 1.29 is 4.39 Å². The van der Waals surface area contributed by atoms with Crippen molar-refractivity contribution in [1.82, 2.24) is 10.3 Å². The second kappa shape index (κ2) is 4.78. The molecule has 1 aliphatic rings. The fourth-order valence-electron chi connectivity index (χ4n) is 1.48. The summed E-state index contributed by atoms with van der Waals surface area (Å²) < 4.78 is 13.1. The topological polar surface area (TPSA) is 37.0 Å². The van der Waals surface area contributed by atoms with Crippen LogP contribution in [0.4, 0.5) is 10.2 Å². The number of hydrogen-bond donors (Lipinski definition) is 2. The molecule has 88 valence electrons. The summed E-state index contributed by atoms with van der Waals surface area (Å²) in [6.45, 7) is 4.79. The highest BCUT2D eigenvalue weighted by Crippen LogP contribution is 2.25. The van der Waals surface area contributed by atoms with Crippen molar-refractivity contribution in [3.8, 4) is 0 Å². The molecule has 1 saturated carbocycles. The van der Waals surface area contributed by atoms with Gasteiger partial charge >= 0.3 is 0 Å². The minimum absolute atomic E-state index is 0.276. The summed E-state index contributed by atoms with van der Waals surface area (Å²) in [6.07, 6.45) is 3.65. The minimum atomic E-state index is -0.276. The van der Waals surface area contributed by atoms with E-state index in [9.17, 15) is 4.39 Å². The summed E-state index contributed by atoms with van der Waals surface area (Å²) in [6, 6.07) is 2.47. The third-order valence-electron chi connectivity index (χ3n) is 2.55. The summed E-state index contributed by atoms with van der Waals surface area (Å²) in [4.78, 5) is 4.11. The molecule has 0 aromatic carbocycles. The molecule has 16 heavy (non-hydrogen) atoms. The highest BCUT2D eigenvalue weighted by molar-refractivity contribution is 5.45. The van der Waals surface area contributed by atoms with Gasteiger partial charge in [0.25, 0.3) is 0 Å². The van der Waals surface area contributed by atoms with Gasteiger partial charge in [-0.2, -0.15) is 0 Å². The van der Waals surface area contributed by atoms with Crippen molar-refractivity contribution >= 4 is 5.82 Å². The third-order valence-corrected chi connectivity index (χ3v) is 2.55. The van der Waals surface area contributed by atoms with E-state index in [-0.39, 0.29) is 5.82 Å². The van der Waals surface area contributed by atoms with E-state index in [0.29, 0.717) is 18.6 Å². The van der Waals surface area contributed by atoms with Gasteiger partial charge in [-0.1, -0.05) is 13.8 Å². The largest absolute Gasteiger partial charge is 0.367 e. The van der Waals surface area contributed by atoms with Crippen molar-refractivity contribution in [3.05, 3.63) is 23.6 Å². The molecule has 0 aliphatic heterocycles. The molecular formula is C12H18FN3. The Balaban J connectivity index is 2.07. The van der Waals surface area contributed by atoms with Gasteiger partial charge in [-0.25, -0.2) is 9.37 Å². The highest BCUT2D eigenvalue weighted by atomic mass is 19.1. The van der Waals surface area contributed by atoms with Crippen LogP contribution in [-0.2, 0) is 6.54 Å². The Labute approximate surface area is 95.5 Å². The molecule has 1 fully saturated rings. The van der Waals surface area contributed by atoms with Gasteiger partial charge in [0, 0.05) is 24.2 Å². The number of anilines is 1. The van der Waals surface area contributed by atoms with E-state index >= 15 is 0 Å². The Morgan fingerprint density at radius 3 is 2.88 bits per heavy atom. The first-order valence-electron chi connectivity index (χ1n) is 5.79. The van der Waals surface area contributed by atoms with Crippen molar-refractivity contribution in [1.29, 1.82) is 0 Å².